The quantitative estimate of drug-likeness (QED) is 0.333. The topological polar surface area (TPSA) is 69.6 Å². The molecule has 5 nitrogen and oxygen atoms in total. The molecule has 3 aromatic carbocycles. The maximum absolute atomic E-state index is 14.3. The molecule has 0 unspecified atom stereocenters. The molecule has 0 aromatic heterocycles. The fourth-order valence-electron chi connectivity index (χ4n) is 6.28. The van der Waals surface area contributed by atoms with Gasteiger partial charge in [0, 0.05) is 24.1 Å². The summed E-state index contributed by atoms with van der Waals surface area (Å²) in [6.07, 6.45) is 1.06. The van der Waals surface area contributed by atoms with E-state index >= 15 is 0 Å². The molecule has 6 heteroatoms. The molecule has 1 amide bonds. The van der Waals surface area contributed by atoms with Gasteiger partial charge < -0.3 is 10.4 Å². The minimum Gasteiger partial charge on any atom is -0.507 e. The van der Waals surface area contributed by atoms with Gasteiger partial charge in [0.25, 0.3) is 0 Å². The van der Waals surface area contributed by atoms with Gasteiger partial charge >= 0.3 is 0 Å². The van der Waals surface area contributed by atoms with Crippen LogP contribution in [0.3, 0.4) is 0 Å². The van der Waals surface area contributed by atoms with Crippen LogP contribution in [0.4, 0.5) is 15.8 Å². The van der Waals surface area contributed by atoms with E-state index in [1.165, 1.54) is 12.1 Å². The molecular formula is C36H41FN2O3. The van der Waals surface area contributed by atoms with Crippen LogP contribution in [0.15, 0.2) is 71.9 Å². The van der Waals surface area contributed by atoms with E-state index in [9.17, 15) is 19.1 Å². The molecule has 1 aliphatic carbocycles. The third kappa shape index (κ3) is 5.35. The number of benzene rings is 3. The molecule has 1 heterocycles. The van der Waals surface area contributed by atoms with E-state index in [-0.39, 0.29) is 52.8 Å². The number of halogens is 1. The number of phenols is 1. The van der Waals surface area contributed by atoms with Gasteiger partial charge in [-0.25, -0.2) is 4.39 Å². The standard InChI is InChI=1S/C36H41FN2O3/c1-8-31(41)39-29-12-10-9-11-27(29)38-28-19-22(21-13-15-24(37)16-14-21)20-30(40)32(28)33(39)23-17-25(35(2,3)4)34(42)26(18-23)36(5,6)7/h9-18,22,33,38,42H,8,19-20H2,1-7H3/t22-,33-/m1/s1. The monoisotopic (exact) mass is 568 g/mol. The third-order valence-electron chi connectivity index (χ3n) is 8.47. The SMILES string of the molecule is CCC(=O)N1c2ccccc2NC2=C(C(=O)C[C@H](c3ccc(F)cc3)C2)[C@H]1c1cc(C(C)(C)C)c(O)c(C(C)(C)C)c1. The number of nitrogens with zero attached hydrogens (tertiary/aromatic N) is 1. The number of rotatable bonds is 3. The van der Waals surface area contributed by atoms with E-state index in [0.29, 0.717) is 17.7 Å². The number of fused-ring (bicyclic) bond motifs is 1. The van der Waals surface area contributed by atoms with Crippen molar-refractivity contribution in [3.05, 3.63) is 100 Å². The zero-order chi connectivity index (χ0) is 30.6. The van der Waals surface area contributed by atoms with Crippen molar-refractivity contribution in [2.45, 2.75) is 90.5 Å². The van der Waals surface area contributed by atoms with Crippen LogP contribution in [-0.4, -0.2) is 16.8 Å². The largest absolute Gasteiger partial charge is 0.507 e. The number of aromatic hydroxyl groups is 1. The summed E-state index contributed by atoms with van der Waals surface area (Å²) in [5, 5.41) is 15.0. The van der Waals surface area contributed by atoms with Crippen molar-refractivity contribution in [1.29, 1.82) is 0 Å². The first-order chi connectivity index (χ1) is 19.7. The average molecular weight is 569 g/mol. The summed E-state index contributed by atoms with van der Waals surface area (Å²) >= 11 is 0. The highest BCUT2D eigenvalue weighted by atomic mass is 19.1. The summed E-state index contributed by atoms with van der Waals surface area (Å²) in [6, 6.07) is 17.3. The molecule has 0 fully saturated rings. The predicted octanol–water partition coefficient (Wildman–Crippen LogP) is 8.44. The summed E-state index contributed by atoms with van der Waals surface area (Å²) in [7, 11) is 0. The summed E-state index contributed by atoms with van der Waals surface area (Å²) in [6.45, 7) is 14.2. The van der Waals surface area contributed by atoms with Crippen LogP contribution in [0, 0.1) is 5.82 Å². The number of para-hydroxylation sites is 2. The number of phenolic OH excluding ortho intramolecular Hbond substituents is 1. The molecule has 1 aliphatic heterocycles. The summed E-state index contributed by atoms with van der Waals surface area (Å²) in [4.78, 5) is 29.9. The van der Waals surface area contributed by atoms with Crippen LogP contribution in [0.5, 0.6) is 5.75 Å². The fraction of sp³-hybridized carbons (Fsp3) is 0.389. The summed E-state index contributed by atoms with van der Waals surface area (Å²) in [5.41, 5.74) is 5.27. The van der Waals surface area contributed by atoms with Gasteiger partial charge in [-0.15, -0.1) is 0 Å². The molecule has 2 N–H and O–H groups in total. The number of carbonyl (C=O) groups excluding carboxylic acids is 2. The van der Waals surface area contributed by atoms with Crippen molar-refractivity contribution in [2.75, 3.05) is 10.2 Å². The Morgan fingerprint density at radius 3 is 2.10 bits per heavy atom. The fourth-order valence-corrected chi connectivity index (χ4v) is 6.28. The highest BCUT2D eigenvalue weighted by Gasteiger charge is 2.42. The number of Topliss-reactive ketones (excluding diaryl/α,β-unsaturated/α-hetero) is 1. The minimum absolute atomic E-state index is 0.0486. The van der Waals surface area contributed by atoms with E-state index in [4.69, 9.17) is 0 Å². The van der Waals surface area contributed by atoms with E-state index in [0.717, 1.165) is 33.6 Å². The van der Waals surface area contributed by atoms with Gasteiger partial charge in [-0.3, -0.25) is 14.5 Å². The molecule has 2 aliphatic rings. The average Bonchev–Trinajstić information content (AvgIpc) is 3.06. The van der Waals surface area contributed by atoms with Crippen LogP contribution in [-0.2, 0) is 20.4 Å². The number of hydrogen-bond acceptors (Lipinski definition) is 4. The van der Waals surface area contributed by atoms with E-state index in [2.05, 4.69) is 46.9 Å². The van der Waals surface area contributed by atoms with Crippen molar-refractivity contribution in [3.8, 4) is 5.75 Å². The molecular weight excluding hydrogens is 527 g/mol. The molecule has 2 atom stereocenters. The Morgan fingerprint density at radius 1 is 0.929 bits per heavy atom. The lowest BCUT2D eigenvalue weighted by atomic mass is 9.74. The van der Waals surface area contributed by atoms with Gasteiger partial charge in [-0.1, -0.05) is 72.7 Å². The minimum atomic E-state index is -0.687. The second-order valence-electron chi connectivity index (χ2n) is 13.6. The number of amides is 1. The number of carbonyl (C=O) groups is 2. The zero-order valence-corrected chi connectivity index (χ0v) is 25.6. The molecule has 0 bridgehead atoms. The molecule has 5 rings (SSSR count). The van der Waals surface area contributed by atoms with Crippen molar-refractivity contribution in [1.82, 2.24) is 0 Å². The van der Waals surface area contributed by atoms with E-state index in [1.54, 1.807) is 17.0 Å². The van der Waals surface area contributed by atoms with Gasteiger partial charge in [0.05, 0.1) is 17.4 Å². The van der Waals surface area contributed by atoms with Gasteiger partial charge in [-0.05, 0) is 81.8 Å². The normalized spacial score (nSPS) is 19.1. The Hall–Kier alpha value is -3.93. The van der Waals surface area contributed by atoms with Crippen molar-refractivity contribution < 1.29 is 19.1 Å². The van der Waals surface area contributed by atoms with Crippen molar-refractivity contribution in [2.24, 2.45) is 0 Å². The molecule has 220 valence electrons. The second kappa shape index (κ2) is 10.7. The first-order valence-corrected chi connectivity index (χ1v) is 14.8. The predicted molar refractivity (Wildman–Crippen MR) is 166 cm³/mol. The maximum Gasteiger partial charge on any atom is 0.227 e. The number of hydrogen-bond donors (Lipinski definition) is 2. The Labute approximate surface area is 248 Å². The molecule has 0 saturated carbocycles. The van der Waals surface area contributed by atoms with Gasteiger partial charge in [0.1, 0.15) is 11.6 Å². The smallest absolute Gasteiger partial charge is 0.227 e. The number of allylic oxidation sites excluding steroid dienone is 1. The third-order valence-corrected chi connectivity index (χ3v) is 8.47. The lowest BCUT2D eigenvalue weighted by molar-refractivity contribution is -0.119. The van der Waals surface area contributed by atoms with Crippen LogP contribution >= 0.6 is 0 Å². The number of anilines is 2. The Morgan fingerprint density at radius 2 is 1.52 bits per heavy atom. The van der Waals surface area contributed by atoms with Gasteiger partial charge in [0.2, 0.25) is 5.91 Å². The Bertz CT molecular complexity index is 1540. The summed E-state index contributed by atoms with van der Waals surface area (Å²) < 4.78 is 13.7. The zero-order valence-electron chi connectivity index (χ0n) is 25.6. The first kappa shape index (κ1) is 29.6. The highest BCUT2D eigenvalue weighted by molar-refractivity contribution is 6.06. The number of ketones is 1. The van der Waals surface area contributed by atoms with Crippen molar-refractivity contribution in [3.63, 3.8) is 0 Å². The Balaban J connectivity index is 1.81. The maximum atomic E-state index is 14.3. The number of nitrogens with one attached hydrogen (secondary N) is 1. The first-order valence-electron chi connectivity index (χ1n) is 14.8. The molecule has 0 spiro atoms. The van der Waals surface area contributed by atoms with E-state index in [1.807, 2.05) is 43.3 Å². The lowest BCUT2D eigenvalue weighted by Crippen LogP contribution is -2.38. The van der Waals surface area contributed by atoms with E-state index < -0.39 is 6.04 Å². The lowest BCUT2D eigenvalue weighted by Gasteiger charge is -2.37. The Kier molecular flexibility index (Phi) is 7.55. The van der Waals surface area contributed by atoms with Gasteiger partial charge in [0.15, 0.2) is 5.78 Å². The molecule has 0 saturated heterocycles. The molecule has 3 aromatic rings. The van der Waals surface area contributed by atoms with Crippen LogP contribution in [0.2, 0.25) is 0 Å². The molecule has 0 radical (unpaired) electrons. The van der Waals surface area contributed by atoms with Gasteiger partial charge in [-0.2, -0.15) is 0 Å². The van der Waals surface area contributed by atoms with Crippen LogP contribution in [0.25, 0.3) is 0 Å². The van der Waals surface area contributed by atoms with Crippen molar-refractivity contribution >= 4 is 23.1 Å². The highest BCUT2D eigenvalue weighted by Crippen LogP contribution is 2.50. The molecule has 42 heavy (non-hydrogen) atoms. The summed E-state index contributed by atoms with van der Waals surface area (Å²) in [5.74, 6) is -0.333. The van der Waals surface area contributed by atoms with Crippen LogP contribution < -0.4 is 10.2 Å². The second-order valence-corrected chi connectivity index (χ2v) is 13.6. The van der Waals surface area contributed by atoms with Crippen LogP contribution in [0.1, 0.15) is 102 Å².